The van der Waals surface area contributed by atoms with Crippen LogP contribution in [-0.2, 0) is 28.7 Å². The minimum absolute atomic E-state index is 0.0231. The minimum atomic E-state index is -0.775. The summed E-state index contributed by atoms with van der Waals surface area (Å²) in [5.74, 6) is -1.26. The highest BCUT2D eigenvalue weighted by atomic mass is 16.6. The zero-order valence-corrected chi connectivity index (χ0v) is 24.0. The van der Waals surface area contributed by atoms with E-state index in [1.807, 2.05) is 0 Å². The van der Waals surface area contributed by atoms with Crippen LogP contribution in [0.5, 0.6) is 0 Å². The van der Waals surface area contributed by atoms with E-state index in [9.17, 15) is 24.3 Å². The molecule has 5 aliphatic carbocycles. The Hall–Kier alpha value is -1.92. The van der Waals surface area contributed by atoms with Gasteiger partial charge in [-0.3, -0.25) is 19.2 Å². The van der Waals surface area contributed by atoms with Crippen molar-refractivity contribution in [3.8, 4) is 0 Å². The Labute approximate surface area is 226 Å². The Morgan fingerprint density at radius 3 is 2.11 bits per heavy atom. The van der Waals surface area contributed by atoms with Crippen molar-refractivity contribution in [1.82, 2.24) is 0 Å². The molecule has 11 atom stereocenters. The highest BCUT2D eigenvalue weighted by Crippen LogP contribution is 2.76. The van der Waals surface area contributed by atoms with Gasteiger partial charge in [0.05, 0.1) is 18.4 Å². The molecule has 0 spiro atoms. The van der Waals surface area contributed by atoms with Gasteiger partial charge in [-0.15, -0.1) is 0 Å². The summed E-state index contributed by atoms with van der Waals surface area (Å²) in [5.41, 5.74) is -0.972. The Bertz CT molecular complexity index is 1040. The normalized spacial score (nSPS) is 49.5. The topological polar surface area (TPSA) is 107 Å². The summed E-state index contributed by atoms with van der Waals surface area (Å²) in [6.07, 6.45) is 7.62. The number of methoxy groups -OCH3 is 1. The summed E-state index contributed by atoms with van der Waals surface area (Å²) < 4.78 is 10.9. The van der Waals surface area contributed by atoms with Crippen molar-refractivity contribution < 1.29 is 33.8 Å². The zero-order valence-electron chi connectivity index (χ0n) is 24.0. The van der Waals surface area contributed by atoms with Crippen LogP contribution in [0.15, 0.2) is 0 Å². The number of carboxylic acids is 1. The number of hydrogen-bond donors (Lipinski definition) is 1. The highest BCUT2D eigenvalue weighted by Gasteiger charge is 2.72. The maximum Gasteiger partial charge on any atom is 0.312 e. The van der Waals surface area contributed by atoms with Crippen molar-refractivity contribution in [3.63, 3.8) is 0 Å². The summed E-state index contributed by atoms with van der Waals surface area (Å²) in [4.78, 5) is 50.6. The predicted octanol–water partition coefficient (Wildman–Crippen LogP) is 5.44. The SMILES string of the molecule is COC(=O)[C@H]1[C@H]2CC[C@]3(C)[C@H](CC[C@@H]4[C@H]5[C@H](C(C)=O)CC[C@]5(C(=O)O)CC[C@]43C)[C@]2(C)CC[C@H]1OC(C)=O. The van der Waals surface area contributed by atoms with E-state index in [-0.39, 0.29) is 57.6 Å². The van der Waals surface area contributed by atoms with Gasteiger partial charge in [-0.25, -0.2) is 0 Å². The van der Waals surface area contributed by atoms with E-state index in [1.54, 1.807) is 6.92 Å². The molecule has 38 heavy (non-hydrogen) atoms. The van der Waals surface area contributed by atoms with Crippen molar-refractivity contribution in [1.29, 1.82) is 0 Å². The fourth-order valence-electron chi connectivity index (χ4n) is 11.4. The maximum absolute atomic E-state index is 13.1. The van der Waals surface area contributed by atoms with E-state index >= 15 is 0 Å². The fraction of sp³-hybridized carbons (Fsp3) is 0.871. The standard InChI is InChI=1S/C31H46O7/c1-17(32)19-9-14-31(27(35)36)16-15-29(4)21(25(19)31)7-8-23-28(3)12-11-22(38-18(2)33)24(26(34)37-6)20(28)10-13-30(23,29)5/h19-25H,7-16H2,1-6H3,(H,35,36)/t19-,20+,21+,22+,23+,24-,25+,28+,29+,30+,31-/m0/s1. The molecule has 0 aromatic carbocycles. The van der Waals surface area contributed by atoms with E-state index in [1.165, 1.54) is 14.0 Å². The van der Waals surface area contributed by atoms with E-state index in [0.717, 1.165) is 38.5 Å². The number of fused-ring (bicyclic) bond motifs is 7. The average molecular weight is 531 g/mol. The molecule has 5 rings (SSSR count). The zero-order chi connectivity index (χ0) is 27.8. The lowest BCUT2D eigenvalue weighted by Crippen LogP contribution is -2.66. The molecule has 7 heteroatoms. The number of ether oxygens (including phenoxy) is 2. The molecule has 0 aromatic rings. The number of carboxylic acid groups (broad SMARTS) is 1. The molecule has 5 fully saturated rings. The van der Waals surface area contributed by atoms with E-state index in [4.69, 9.17) is 9.47 Å². The van der Waals surface area contributed by atoms with Gasteiger partial charge < -0.3 is 14.6 Å². The van der Waals surface area contributed by atoms with Gasteiger partial charge in [0.15, 0.2) is 0 Å². The third-order valence-corrected chi connectivity index (χ3v) is 13.3. The first-order valence-corrected chi connectivity index (χ1v) is 14.8. The van der Waals surface area contributed by atoms with Crippen LogP contribution in [0.2, 0.25) is 0 Å². The third-order valence-electron chi connectivity index (χ3n) is 13.3. The lowest BCUT2D eigenvalue weighted by atomic mass is 9.33. The Kier molecular flexibility index (Phi) is 6.59. The van der Waals surface area contributed by atoms with Gasteiger partial charge in [-0.2, -0.15) is 0 Å². The maximum atomic E-state index is 13.1. The first kappa shape index (κ1) is 27.6. The van der Waals surface area contributed by atoms with Crippen LogP contribution in [0.25, 0.3) is 0 Å². The molecule has 0 radical (unpaired) electrons. The van der Waals surface area contributed by atoms with Crippen molar-refractivity contribution >= 4 is 23.7 Å². The van der Waals surface area contributed by atoms with Crippen molar-refractivity contribution in [2.45, 2.75) is 105 Å². The Balaban J connectivity index is 1.53. The number of ketones is 1. The number of aliphatic carboxylic acids is 1. The van der Waals surface area contributed by atoms with Gasteiger partial charge >= 0.3 is 17.9 Å². The van der Waals surface area contributed by atoms with Crippen molar-refractivity contribution in [2.24, 2.45) is 57.2 Å². The minimum Gasteiger partial charge on any atom is -0.481 e. The van der Waals surface area contributed by atoms with Crippen LogP contribution < -0.4 is 0 Å². The second kappa shape index (κ2) is 9.05. The van der Waals surface area contributed by atoms with Crippen LogP contribution >= 0.6 is 0 Å². The number of hydrogen-bond acceptors (Lipinski definition) is 6. The monoisotopic (exact) mass is 530 g/mol. The summed E-state index contributed by atoms with van der Waals surface area (Å²) in [7, 11) is 1.42. The number of carbonyl (C=O) groups excluding carboxylic acids is 3. The van der Waals surface area contributed by atoms with Gasteiger partial charge in [0, 0.05) is 12.8 Å². The first-order valence-electron chi connectivity index (χ1n) is 14.8. The lowest BCUT2D eigenvalue weighted by Gasteiger charge is -2.71. The van der Waals surface area contributed by atoms with Crippen molar-refractivity contribution in [2.75, 3.05) is 7.11 Å². The number of rotatable bonds is 4. The second-order valence-corrected chi connectivity index (χ2v) is 14.2. The van der Waals surface area contributed by atoms with Crippen LogP contribution in [0.3, 0.4) is 0 Å². The molecule has 0 amide bonds. The molecule has 0 heterocycles. The number of Topliss-reactive ketones (excluding diaryl/α,β-unsaturated/α-hetero) is 1. The first-order chi connectivity index (χ1) is 17.8. The number of esters is 2. The number of carbonyl (C=O) groups is 4. The Morgan fingerprint density at radius 1 is 0.789 bits per heavy atom. The highest BCUT2D eigenvalue weighted by molar-refractivity contribution is 5.83. The second-order valence-electron chi connectivity index (χ2n) is 14.2. The molecular weight excluding hydrogens is 484 g/mol. The summed E-state index contributed by atoms with van der Waals surface area (Å²) in [5, 5.41) is 10.5. The van der Waals surface area contributed by atoms with Crippen LogP contribution in [0.4, 0.5) is 0 Å². The van der Waals surface area contributed by atoms with E-state index in [0.29, 0.717) is 31.6 Å². The molecule has 7 nitrogen and oxygen atoms in total. The Morgan fingerprint density at radius 2 is 1.50 bits per heavy atom. The van der Waals surface area contributed by atoms with Gasteiger partial charge in [-0.05, 0) is 111 Å². The average Bonchev–Trinajstić information content (AvgIpc) is 3.25. The molecule has 0 bridgehead atoms. The third kappa shape index (κ3) is 3.51. The quantitative estimate of drug-likeness (QED) is 0.483. The van der Waals surface area contributed by atoms with Crippen LogP contribution in [0, 0.1) is 57.2 Å². The molecule has 0 aromatic heterocycles. The molecule has 0 saturated heterocycles. The molecule has 1 N–H and O–H groups in total. The molecule has 0 unspecified atom stereocenters. The van der Waals surface area contributed by atoms with Gasteiger partial charge in [0.25, 0.3) is 0 Å². The van der Waals surface area contributed by atoms with Gasteiger partial charge in [0.2, 0.25) is 0 Å². The fourth-order valence-corrected chi connectivity index (χ4v) is 11.4. The van der Waals surface area contributed by atoms with Crippen LogP contribution in [-0.4, -0.2) is 42.0 Å². The predicted molar refractivity (Wildman–Crippen MR) is 140 cm³/mol. The molecular formula is C31H46O7. The van der Waals surface area contributed by atoms with E-state index in [2.05, 4.69) is 20.8 Å². The van der Waals surface area contributed by atoms with Crippen molar-refractivity contribution in [3.05, 3.63) is 0 Å². The summed E-state index contributed by atoms with van der Waals surface area (Å²) >= 11 is 0. The van der Waals surface area contributed by atoms with Gasteiger partial charge in [0.1, 0.15) is 11.9 Å². The molecule has 212 valence electrons. The van der Waals surface area contributed by atoms with E-state index < -0.39 is 23.4 Å². The molecule has 5 saturated carbocycles. The van der Waals surface area contributed by atoms with Crippen LogP contribution in [0.1, 0.15) is 98.8 Å². The molecule has 0 aliphatic heterocycles. The smallest absolute Gasteiger partial charge is 0.312 e. The summed E-state index contributed by atoms with van der Waals surface area (Å²) in [6, 6.07) is 0. The lowest BCUT2D eigenvalue weighted by molar-refractivity contribution is -0.240. The largest absolute Gasteiger partial charge is 0.481 e. The summed E-state index contributed by atoms with van der Waals surface area (Å²) in [6.45, 7) is 10.2. The molecule has 5 aliphatic rings. The van der Waals surface area contributed by atoms with Gasteiger partial charge in [-0.1, -0.05) is 20.8 Å².